The maximum atomic E-state index is 14.6. The predicted octanol–water partition coefficient (Wildman–Crippen LogP) is 9.12. The SMILES string of the molecule is COc1ccc(COCCOc2ccc(C(=O)NC(CCO[Si](C)(C)C(C)(C)C)C(=O)c3ccc(OC)c(-c4csc5c(F)cccc45)n3)cc2OC)cc1. The lowest BCUT2D eigenvalue weighted by Crippen LogP contribution is -2.45. The number of ketones is 1. The minimum Gasteiger partial charge on any atom is -0.497 e. The summed E-state index contributed by atoms with van der Waals surface area (Å²) < 4.78 is 49.6. The Morgan fingerprint density at radius 3 is 2.29 bits per heavy atom. The largest absolute Gasteiger partial charge is 0.497 e. The summed E-state index contributed by atoms with van der Waals surface area (Å²) in [6.07, 6.45) is 0.210. The van der Waals surface area contributed by atoms with E-state index in [2.05, 4.69) is 39.2 Å². The maximum absolute atomic E-state index is 14.6. The summed E-state index contributed by atoms with van der Waals surface area (Å²) in [4.78, 5) is 32.8. The van der Waals surface area contributed by atoms with Gasteiger partial charge < -0.3 is 33.4 Å². The first kappa shape index (κ1) is 41.3. The number of thiophene rings is 1. The van der Waals surface area contributed by atoms with Crippen molar-refractivity contribution >= 4 is 41.4 Å². The van der Waals surface area contributed by atoms with Crippen molar-refractivity contribution in [3.63, 3.8) is 0 Å². The molecule has 1 atom stereocenters. The van der Waals surface area contributed by atoms with Crippen molar-refractivity contribution in [1.82, 2.24) is 10.3 Å². The molecule has 0 fully saturated rings. The van der Waals surface area contributed by atoms with Crippen LogP contribution in [0.4, 0.5) is 4.39 Å². The van der Waals surface area contributed by atoms with Gasteiger partial charge in [0.2, 0.25) is 5.78 Å². The van der Waals surface area contributed by atoms with Gasteiger partial charge in [0, 0.05) is 28.5 Å². The van der Waals surface area contributed by atoms with Crippen molar-refractivity contribution < 1.29 is 42.1 Å². The van der Waals surface area contributed by atoms with E-state index < -0.39 is 26.0 Å². The van der Waals surface area contributed by atoms with E-state index in [1.54, 1.807) is 48.9 Å². The van der Waals surface area contributed by atoms with Gasteiger partial charge in [0.05, 0.1) is 45.3 Å². The number of ether oxygens (including phenoxy) is 5. The lowest BCUT2D eigenvalue weighted by Gasteiger charge is -2.36. The second kappa shape index (κ2) is 18.2. The van der Waals surface area contributed by atoms with Gasteiger partial charge in [-0.15, -0.1) is 11.3 Å². The zero-order valence-electron chi connectivity index (χ0n) is 32.6. The molecule has 0 radical (unpaired) electrons. The van der Waals surface area contributed by atoms with Crippen LogP contribution < -0.4 is 24.3 Å². The van der Waals surface area contributed by atoms with Gasteiger partial charge in [0.25, 0.3) is 5.91 Å². The summed E-state index contributed by atoms with van der Waals surface area (Å²) in [6, 6.07) is 19.6. The molecule has 5 aromatic rings. The molecule has 2 heterocycles. The third-order valence-electron chi connectivity index (χ3n) is 9.77. The average molecular weight is 789 g/mol. The van der Waals surface area contributed by atoms with Crippen molar-refractivity contribution in [2.45, 2.75) is 58.0 Å². The van der Waals surface area contributed by atoms with E-state index in [1.807, 2.05) is 30.3 Å². The van der Waals surface area contributed by atoms with Crippen LogP contribution in [0.1, 0.15) is 53.6 Å². The molecule has 0 aliphatic rings. The van der Waals surface area contributed by atoms with E-state index in [1.165, 1.54) is 31.6 Å². The van der Waals surface area contributed by atoms with Gasteiger partial charge in [-0.05, 0) is 78.6 Å². The highest BCUT2D eigenvalue weighted by Gasteiger charge is 2.37. The first-order chi connectivity index (χ1) is 26.3. The number of halogens is 1. The van der Waals surface area contributed by atoms with Crippen LogP contribution >= 0.6 is 11.3 Å². The van der Waals surface area contributed by atoms with Crippen molar-refractivity contribution in [3.05, 3.63) is 101 Å². The van der Waals surface area contributed by atoms with Gasteiger partial charge in [-0.25, -0.2) is 9.37 Å². The third-order valence-corrected chi connectivity index (χ3v) is 15.3. The zero-order chi connectivity index (χ0) is 39.8. The molecule has 0 aliphatic carbocycles. The molecule has 13 heteroatoms. The lowest BCUT2D eigenvalue weighted by molar-refractivity contribution is 0.0837. The molecule has 0 bridgehead atoms. The normalized spacial score (nSPS) is 12.3. The molecule has 1 unspecified atom stereocenters. The molecule has 3 aromatic carbocycles. The maximum Gasteiger partial charge on any atom is 0.252 e. The molecule has 0 spiro atoms. The number of benzene rings is 3. The molecule has 292 valence electrons. The number of nitrogens with one attached hydrogen (secondary N) is 1. The summed E-state index contributed by atoms with van der Waals surface area (Å²) in [6.45, 7) is 12.0. The number of amides is 1. The predicted molar refractivity (Wildman–Crippen MR) is 216 cm³/mol. The molecule has 10 nitrogen and oxygen atoms in total. The number of methoxy groups -OCH3 is 3. The van der Waals surface area contributed by atoms with Gasteiger partial charge in [0.15, 0.2) is 19.8 Å². The Bertz CT molecular complexity index is 2100. The van der Waals surface area contributed by atoms with E-state index in [4.69, 9.17) is 33.1 Å². The van der Waals surface area contributed by atoms with Crippen molar-refractivity contribution in [3.8, 4) is 34.3 Å². The van der Waals surface area contributed by atoms with E-state index >= 15 is 0 Å². The smallest absolute Gasteiger partial charge is 0.252 e. The Morgan fingerprint density at radius 1 is 0.873 bits per heavy atom. The van der Waals surface area contributed by atoms with Crippen LogP contribution in [0.15, 0.2) is 78.2 Å². The van der Waals surface area contributed by atoms with E-state index in [-0.39, 0.29) is 41.7 Å². The zero-order valence-corrected chi connectivity index (χ0v) is 34.4. The van der Waals surface area contributed by atoms with E-state index in [0.29, 0.717) is 51.8 Å². The first-order valence-corrected chi connectivity index (χ1v) is 21.8. The number of fused-ring (bicyclic) bond motifs is 1. The Kier molecular flexibility index (Phi) is 13.7. The number of nitrogens with zero attached hydrogens (tertiary/aromatic N) is 1. The van der Waals surface area contributed by atoms with Gasteiger partial charge in [-0.1, -0.05) is 45.0 Å². The van der Waals surface area contributed by atoms with Crippen LogP contribution in [0, 0.1) is 5.82 Å². The van der Waals surface area contributed by atoms with Crippen LogP contribution in [0.25, 0.3) is 21.3 Å². The van der Waals surface area contributed by atoms with E-state index in [0.717, 1.165) is 11.3 Å². The number of carbonyl (C=O) groups is 2. The summed E-state index contributed by atoms with van der Waals surface area (Å²) in [5.41, 5.74) is 2.45. The molecule has 55 heavy (non-hydrogen) atoms. The van der Waals surface area contributed by atoms with Crippen molar-refractivity contribution in [2.24, 2.45) is 0 Å². The highest BCUT2D eigenvalue weighted by Crippen LogP contribution is 2.39. The minimum atomic E-state index is -2.16. The molecular weight excluding hydrogens is 740 g/mol. The van der Waals surface area contributed by atoms with Gasteiger partial charge >= 0.3 is 0 Å². The van der Waals surface area contributed by atoms with Crippen molar-refractivity contribution in [1.29, 1.82) is 0 Å². The average Bonchev–Trinajstić information content (AvgIpc) is 3.62. The minimum absolute atomic E-state index is 0.0476. The summed E-state index contributed by atoms with van der Waals surface area (Å²) in [5, 5.41) is 5.35. The van der Waals surface area contributed by atoms with Gasteiger partial charge in [0.1, 0.15) is 35.3 Å². The standard InChI is InChI=1S/C42H49FN2O8SSi/c1-42(2,3)55(7,8)53-21-20-34(39(46)33-17-19-36(49-5)38(44-33)31-26-54-40-30(31)10-9-11-32(40)43)45-41(47)28-14-18-35(37(24-28)50-6)52-23-22-51-25-27-12-15-29(48-4)16-13-27/h9-19,24,26,34H,20-23,25H2,1-8H3,(H,45,47). The second-order valence-corrected chi connectivity index (χ2v) is 20.1. The van der Waals surface area contributed by atoms with Crippen LogP contribution in [0.5, 0.6) is 23.0 Å². The third kappa shape index (κ3) is 10.1. The fourth-order valence-electron chi connectivity index (χ4n) is 5.53. The quantitative estimate of drug-likeness (QED) is 0.0528. The Balaban J connectivity index is 1.33. The van der Waals surface area contributed by atoms with Crippen molar-refractivity contribution in [2.75, 3.05) is 41.2 Å². The number of hydrogen-bond acceptors (Lipinski definition) is 10. The highest BCUT2D eigenvalue weighted by molar-refractivity contribution is 7.17. The number of hydrogen-bond donors (Lipinski definition) is 1. The summed E-state index contributed by atoms with van der Waals surface area (Å²) >= 11 is 1.25. The fourth-order valence-corrected chi connectivity index (χ4v) is 7.56. The van der Waals surface area contributed by atoms with Gasteiger partial charge in [-0.2, -0.15) is 0 Å². The lowest BCUT2D eigenvalue weighted by atomic mass is 10.0. The molecule has 0 saturated heterocycles. The summed E-state index contributed by atoms with van der Waals surface area (Å²) in [5.74, 6) is 0.789. The molecule has 1 amide bonds. The molecule has 1 N–H and O–H groups in total. The van der Waals surface area contributed by atoms with Gasteiger partial charge in [-0.3, -0.25) is 9.59 Å². The topological polar surface area (TPSA) is 114 Å². The van der Waals surface area contributed by atoms with E-state index in [9.17, 15) is 14.0 Å². The number of aromatic nitrogens is 1. The molecule has 0 saturated carbocycles. The molecular formula is C42H49FN2O8SSi. The number of pyridine rings is 1. The number of Topliss-reactive ketones (excluding diaryl/α,β-unsaturated/α-hetero) is 1. The number of rotatable bonds is 18. The molecule has 5 rings (SSSR count). The molecule has 2 aromatic heterocycles. The highest BCUT2D eigenvalue weighted by atomic mass is 32.1. The Hall–Kier alpha value is -4.82. The number of carbonyl (C=O) groups excluding carboxylic acids is 2. The Morgan fingerprint density at radius 2 is 1.60 bits per heavy atom. The second-order valence-electron chi connectivity index (χ2n) is 14.4. The van der Waals surface area contributed by atoms with Crippen LogP contribution in [0.2, 0.25) is 18.1 Å². The van der Waals surface area contributed by atoms with Crippen LogP contribution in [0.3, 0.4) is 0 Å². The summed E-state index contributed by atoms with van der Waals surface area (Å²) in [7, 11) is 2.47. The van der Waals surface area contributed by atoms with Crippen LogP contribution in [-0.4, -0.2) is 72.2 Å². The van der Waals surface area contributed by atoms with Crippen LogP contribution in [-0.2, 0) is 15.8 Å². The first-order valence-electron chi connectivity index (χ1n) is 18.0. The fraction of sp³-hybridized carbons (Fsp3) is 0.357. The Labute approximate surface area is 327 Å². The molecule has 0 aliphatic heterocycles. The monoisotopic (exact) mass is 788 g/mol.